The molecule has 9 rings (SSSR count). The molecule has 1 aliphatic heterocycles. The molecule has 1 saturated carbocycles. The van der Waals surface area contributed by atoms with Crippen LogP contribution in [-0.2, 0) is 5.41 Å². The minimum atomic E-state index is -0.0380. The van der Waals surface area contributed by atoms with Gasteiger partial charge in [-0.25, -0.2) is 0 Å². The molecule has 5 heteroatoms. The van der Waals surface area contributed by atoms with Crippen molar-refractivity contribution in [3.8, 4) is 17.0 Å². The summed E-state index contributed by atoms with van der Waals surface area (Å²) in [5.74, 6) is 3.72. The van der Waals surface area contributed by atoms with E-state index in [1.807, 2.05) is 6.20 Å². The van der Waals surface area contributed by atoms with Gasteiger partial charge in [0.25, 0.3) is 0 Å². The fourth-order valence-corrected chi connectivity index (χ4v) is 10.3. The van der Waals surface area contributed by atoms with Crippen molar-refractivity contribution in [2.75, 3.05) is 0 Å². The Balaban J connectivity index is 1.05. The summed E-state index contributed by atoms with van der Waals surface area (Å²) in [6.07, 6.45) is 37.0. The third kappa shape index (κ3) is 8.94. The van der Waals surface area contributed by atoms with Gasteiger partial charge < -0.3 is 4.74 Å². The van der Waals surface area contributed by atoms with Gasteiger partial charge in [-0.15, -0.1) is 0 Å². The third-order valence-corrected chi connectivity index (χ3v) is 14.3. The highest BCUT2D eigenvalue weighted by atomic mass is 16.5. The number of hydrogen-bond donors (Lipinski definition) is 0. The van der Waals surface area contributed by atoms with E-state index in [4.69, 9.17) is 20.0 Å². The maximum atomic E-state index is 7.19. The number of fused-ring (bicyclic) bond motifs is 1. The van der Waals surface area contributed by atoms with Crippen LogP contribution in [0.15, 0.2) is 143 Å². The van der Waals surface area contributed by atoms with E-state index >= 15 is 0 Å². The first-order valence-electron chi connectivity index (χ1n) is 23.0. The lowest BCUT2D eigenvalue weighted by molar-refractivity contribution is 0.294. The molecule has 5 nitrogen and oxygen atoms in total. The smallest absolute Gasteiger partial charge is 0.128 e. The Morgan fingerprint density at radius 3 is 2.38 bits per heavy atom. The molecule has 5 aliphatic carbocycles. The molecule has 1 aromatic heterocycles. The van der Waals surface area contributed by atoms with Crippen LogP contribution in [0.5, 0.6) is 5.75 Å². The molecule has 0 spiro atoms. The van der Waals surface area contributed by atoms with Crippen molar-refractivity contribution in [2.45, 2.75) is 124 Å². The predicted octanol–water partition coefficient (Wildman–Crippen LogP) is 14.4. The molecule has 6 aliphatic rings. The normalized spacial score (nSPS) is 27.5. The van der Waals surface area contributed by atoms with Crippen LogP contribution in [0, 0.1) is 28.6 Å². The highest BCUT2D eigenvalue weighted by Crippen LogP contribution is 2.64. The summed E-state index contributed by atoms with van der Waals surface area (Å²) >= 11 is 0. The van der Waals surface area contributed by atoms with Gasteiger partial charge in [0.05, 0.1) is 17.6 Å². The predicted molar refractivity (Wildman–Crippen MR) is 254 cm³/mol. The summed E-state index contributed by atoms with van der Waals surface area (Å²) in [6.45, 7) is 16.1. The molecule has 6 atom stereocenters. The number of ether oxygens (including phenoxy) is 1. The Morgan fingerprint density at radius 1 is 0.803 bits per heavy atom. The molecule has 0 saturated heterocycles. The van der Waals surface area contributed by atoms with Crippen LogP contribution in [0.1, 0.15) is 140 Å². The number of benzene rings is 2. The number of hydrogen-bond acceptors (Lipinski definition) is 5. The van der Waals surface area contributed by atoms with Crippen molar-refractivity contribution in [3.63, 3.8) is 0 Å². The second-order valence-corrected chi connectivity index (χ2v) is 20.8. The number of allylic oxidation sites excluding steroid dienone is 13. The van der Waals surface area contributed by atoms with Gasteiger partial charge in [-0.2, -0.15) is 20.4 Å². The maximum absolute atomic E-state index is 7.19. The van der Waals surface area contributed by atoms with E-state index in [-0.39, 0.29) is 22.2 Å². The minimum absolute atomic E-state index is 0.0380. The van der Waals surface area contributed by atoms with Crippen LogP contribution in [-0.4, -0.2) is 22.1 Å². The third-order valence-electron chi connectivity index (χ3n) is 14.3. The largest absolute Gasteiger partial charge is 0.458 e. The first-order valence-corrected chi connectivity index (χ1v) is 23.0. The molecule has 1 fully saturated rings. The fraction of sp³-hybridized carbons (Fsp3) is 0.429. The van der Waals surface area contributed by atoms with E-state index in [9.17, 15) is 0 Å². The summed E-state index contributed by atoms with van der Waals surface area (Å²) in [7, 11) is 0. The lowest BCUT2D eigenvalue weighted by Gasteiger charge is -2.29. The van der Waals surface area contributed by atoms with Crippen molar-refractivity contribution in [1.82, 2.24) is 10.2 Å². The molecule has 0 bridgehead atoms. The van der Waals surface area contributed by atoms with Gasteiger partial charge in [0, 0.05) is 28.7 Å². The second-order valence-electron chi connectivity index (χ2n) is 20.8. The van der Waals surface area contributed by atoms with Crippen molar-refractivity contribution in [3.05, 3.63) is 155 Å². The van der Waals surface area contributed by atoms with E-state index in [0.717, 1.165) is 91.8 Å². The number of nitrogens with zero attached hydrogens (tertiary/aromatic N) is 4. The van der Waals surface area contributed by atoms with Gasteiger partial charge in [0.15, 0.2) is 0 Å². The summed E-state index contributed by atoms with van der Waals surface area (Å²) in [6, 6.07) is 18.2. The first kappa shape index (κ1) is 41.2. The lowest BCUT2D eigenvalue weighted by atomic mass is 9.76. The molecule has 314 valence electrons. The molecular formula is C56H64N4O. The Hall–Kier alpha value is -5.16. The Kier molecular flexibility index (Phi) is 11.2. The fourth-order valence-electron chi connectivity index (χ4n) is 10.3. The monoisotopic (exact) mass is 809 g/mol. The van der Waals surface area contributed by atoms with E-state index in [0.29, 0.717) is 23.7 Å². The Labute approximate surface area is 365 Å². The molecule has 61 heavy (non-hydrogen) atoms. The summed E-state index contributed by atoms with van der Waals surface area (Å²) in [5, 5.41) is 19.0. The van der Waals surface area contributed by atoms with Crippen molar-refractivity contribution in [2.24, 2.45) is 38.8 Å². The van der Waals surface area contributed by atoms with Gasteiger partial charge in [-0.1, -0.05) is 121 Å². The van der Waals surface area contributed by atoms with Crippen molar-refractivity contribution >= 4 is 17.5 Å². The van der Waals surface area contributed by atoms with Gasteiger partial charge in [0.1, 0.15) is 11.5 Å². The zero-order valence-electron chi connectivity index (χ0n) is 37.5. The Bertz CT molecular complexity index is 2440. The van der Waals surface area contributed by atoms with Gasteiger partial charge in [-0.05, 0) is 162 Å². The van der Waals surface area contributed by atoms with Crippen LogP contribution in [0.2, 0.25) is 0 Å². The zero-order chi connectivity index (χ0) is 42.4. The number of rotatable bonds is 8. The van der Waals surface area contributed by atoms with Crippen LogP contribution in [0.3, 0.4) is 0 Å². The van der Waals surface area contributed by atoms with Gasteiger partial charge in [0.2, 0.25) is 0 Å². The SMILES string of the molecule is CC1CC(C2=CC(Oc3cc(-c4cc(C5=CCC(C(C)(C)C)C=C5)cnn4)cc(C4CC=CCC4)c3)=CC3(C4=CCCC=C4)CC3C2)=NN=CC1c1ccc(C(C)(C)C)cc1. The van der Waals surface area contributed by atoms with Gasteiger partial charge >= 0.3 is 0 Å². The zero-order valence-corrected chi connectivity index (χ0v) is 37.5. The molecule has 3 aromatic rings. The van der Waals surface area contributed by atoms with E-state index in [2.05, 4.69) is 169 Å². The highest BCUT2D eigenvalue weighted by Gasteiger charge is 2.55. The van der Waals surface area contributed by atoms with Crippen LogP contribution >= 0.6 is 0 Å². The highest BCUT2D eigenvalue weighted by molar-refractivity contribution is 6.01. The maximum Gasteiger partial charge on any atom is 0.128 e. The number of aromatic nitrogens is 2. The molecule has 2 aromatic carbocycles. The molecule has 0 N–H and O–H groups in total. The Morgan fingerprint density at radius 2 is 1.66 bits per heavy atom. The van der Waals surface area contributed by atoms with Crippen molar-refractivity contribution in [1.29, 1.82) is 0 Å². The van der Waals surface area contributed by atoms with E-state index < -0.39 is 0 Å². The molecule has 6 unspecified atom stereocenters. The molecule has 2 heterocycles. The lowest BCUT2D eigenvalue weighted by Crippen LogP contribution is -2.19. The second kappa shape index (κ2) is 16.6. The van der Waals surface area contributed by atoms with Crippen LogP contribution < -0.4 is 4.74 Å². The molecule has 0 radical (unpaired) electrons. The van der Waals surface area contributed by atoms with Crippen LogP contribution in [0.25, 0.3) is 16.8 Å². The average Bonchev–Trinajstić information content (AvgIpc) is 4.02. The van der Waals surface area contributed by atoms with E-state index in [1.54, 1.807) is 0 Å². The van der Waals surface area contributed by atoms with E-state index in [1.165, 1.54) is 33.4 Å². The summed E-state index contributed by atoms with van der Waals surface area (Å²) < 4.78 is 7.19. The summed E-state index contributed by atoms with van der Waals surface area (Å²) in [4.78, 5) is 0. The summed E-state index contributed by atoms with van der Waals surface area (Å²) in [5.41, 5.74) is 12.2. The minimum Gasteiger partial charge on any atom is -0.458 e. The van der Waals surface area contributed by atoms with Gasteiger partial charge in [-0.3, -0.25) is 0 Å². The topological polar surface area (TPSA) is 59.7 Å². The first-order chi connectivity index (χ1) is 29.3. The average molecular weight is 809 g/mol. The molecule has 0 amide bonds. The quantitative estimate of drug-likeness (QED) is 0.213. The van der Waals surface area contributed by atoms with Crippen molar-refractivity contribution < 1.29 is 4.74 Å². The molecular weight excluding hydrogens is 745 g/mol. The van der Waals surface area contributed by atoms with Crippen LogP contribution in [0.4, 0.5) is 0 Å². The standard InChI is InChI=1S/C56H64N4O/c1-37-26-52(59-58-36-51(37)40-20-24-46(25-21-40)55(5,6)7)43-28-48-33-56(48,47-16-12-9-13-17-47)34-50(31-43)61-49-29-41(38-14-10-8-11-15-38)27-42(30-49)53-32-44(35-57-60-53)39-18-22-45(23-19-39)54(2,3)4/h8,10,12,16-22,24-25,27,29-32,34-38,45,48,51H,9,11,13-15,23,26,28,33H2,1-7H3.